The minimum absolute atomic E-state index is 0.510. The first-order valence-electron chi connectivity index (χ1n) is 2.94. The van der Waals surface area contributed by atoms with E-state index in [1.165, 1.54) is 15.9 Å². The molecule has 0 radical (unpaired) electrons. The number of alkyl halides is 8. The van der Waals surface area contributed by atoms with Crippen molar-refractivity contribution in [1.82, 2.24) is 0 Å². The fourth-order valence-electron chi connectivity index (χ4n) is 0.574. The third kappa shape index (κ3) is 2.74. The van der Waals surface area contributed by atoms with Crippen molar-refractivity contribution in [3.8, 4) is 0 Å². The van der Waals surface area contributed by atoms with Crippen molar-refractivity contribution in [1.29, 1.82) is 0 Å². The lowest BCUT2D eigenvalue weighted by Crippen LogP contribution is -2.52. The maximum atomic E-state index is 12.9. The number of hydrogen-bond donors (Lipinski definition) is 0. The molecule has 0 fully saturated rings. The summed E-state index contributed by atoms with van der Waals surface area (Å²) in [5.41, 5.74) is -4.54. The van der Waals surface area contributed by atoms with Crippen LogP contribution in [0.3, 0.4) is 0 Å². The molecule has 0 aromatic heterocycles. The minimum Gasteiger partial charge on any atom is -0.226 e. The summed E-state index contributed by atoms with van der Waals surface area (Å²) in [5.74, 6) is 0. The molecule has 0 unspecified atom stereocenters. The second-order valence-corrected chi connectivity index (χ2v) is 4.02. The van der Waals surface area contributed by atoms with Crippen LogP contribution in [0.25, 0.3) is 0 Å². The van der Waals surface area contributed by atoms with E-state index in [2.05, 4.69) is 15.9 Å². The highest BCUT2D eigenvalue weighted by Crippen LogP contribution is 2.50. The van der Waals surface area contributed by atoms with Gasteiger partial charge in [0.05, 0.1) is 0 Å². The quantitative estimate of drug-likeness (QED) is 0.539. The fraction of sp³-hybridized carbons (Fsp3) is 1.00. The molecule has 0 aromatic rings. The summed E-state index contributed by atoms with van der Waals surface area (Å²) >= 11 is 3.86. The van der Waals surface area contributed by atoms with Crippen LogP contribution in [-0.2, 0) is 0 Å². The van der Waals surface area contributed by atoms with Gasteiger partial charge in [-0.2, -0.15) is 22.0 Å². The summed E-state index contributed by atoms with van der Waals surface area (Å²) in [7, 11) is 0. The molecule has 1 atom stereocenters. The largest absolute Gasteiger partial charge is 0.429 e. The van der Waals surface area contributed by atoms with E-state index in [-0.39, 0.29) is 0 Å². The van der Waals surface area contributed by atoms with Gasteiger partial charge >= 0.3 is 11.0 Å². The third-order valence-corrected chi connectivity index (χ3v) is 2.36. The average molecular weight is 338 g/mol. The number of rotatable bonds is 3. The Balaban J connectivity index is 4.96. The fourth-order valence-corrected chi connectivity index (χ4v) is 1.54. The first-order valence-corrected chi connectivity index (χ1v) is 4.86. The van der Waals surface area contributed by atoms with Crippen molar-refractivity contribution < 1.29 is 26.3 Å². The van der Waals surface area contributed by atoms with Crippen molar-refractivity contribution in [2.24, 2.45) is 0 Å². The molecule has 0 aromatic carbocycles. The van der Waals surface area contributed by atoms with Gasteiger partial charge in [-0.1, -0.05) is 15.9 Å². The molecule has 0 heterocycles. The maximum Gasteiger partial charge on any atom is 0.429 e. The van der Waals surface area contributed by atoms with Crippen LogP contribution >= 0.6 is 31.9 Å². The van der Waals surface area contributed by atoms with Gasteiger partial charge in [0.15, 0.2) is 0 Å². The lowest BCUT2D eigenvalue weighted by atomic mass is 10.0. The summed E-state index contributed by atoms with van der Waals surface area (Å²) in [4.78, 5) is -4.62. The lowest BCUT2D eigenvalue weighted by Gasteiger charge is -2.30. The third-order valence-electron chi connectivity index (χ3n) is 1.34. The molecule has 80 valence electrons. The summed E-state index contributed by atoms with van der Waals surface area (Å²) in [6.45, 7) is 0. The molecule has 0 aliphatic heterocycles. The van der Waals surface area contributed by atoms with Crippen LogP contribution < -0.4 is 0 Å². The molecular formula is C5H4Br2F6. The highest BCUT2D eigenvalue weighted by molar-refractivity contribution is 9.10. The summed E-state index contributed by atoms with van der Waals surface area (Å²) in [6, 6.07) is 0. The maximum absolute atomic E-state index is 12.9. The Morgan fingerprint density at radius 1 is 0.923 bits per heavy atom. The van der Waals surface area contributed by atoms with Crippen LogP contribution in [0.4, 0.5) is 26.3 Å². The van der Waals surface area contributed by atoms with Gasteiger partial charge in [-0.25, -0.2) is 4.39 Å². The van der Waals surface area contributed by atoms with Crippen LogP contribution in [-0.4, -0.2) is 22.0 Å². The van der Waals surface area contributed by atoms with Crippen molar-refractivity contribution in [2.75, 3.05) is 5.33 Å². The smallest absolute Gasteiger partial charge is 0.226 e. The Kier molecular flexibility index (Phi) is 4.12. The van der Waals surface area contributed by atoms with Crippen molar-refractivity contribution in [3.63, 3.8) is 0 Å². The highest BCUT2D eigenvalue weighted by Gasteiger charge is 2.69. The monoisotopic (exact) mass is 336 g/mol. The Hall–Kier alpha value is 0.540. The zero-order valence-corrected chi connectivity index (χ0v) is 9.11. The summed E-state index contributed by atoms with van der Waals surface area (Å²) < 4.78 is 73.0. The SMILES string of the molecule is FC(F)(F)[C@](F)(CCBr)C(F)(F)Br. The topological polar surface area (TPSA) is 0 Å². The van der Waals surface area contributed by atoms with Gasteiger partial charge in [-0.05, 0) is 15.9 Å². The second kappa shape index (κ2) is 3.96. The van der Waals surface area contributed by atoms with Crippen LogP contribution in [0.15, 0.2) is 0 Å². The number of hydrogen-bond acceptors (Lipinski definition) is 0. The highest BCUT2D eigenvalue weighted by atomic mass is 79.9. The first kappa shape index (κ1) is 13.5. The minimum atomic E-state index is -5.60. The van der Waals surface area contributed by atoms with E-state index in [0.29, 0.717) is 0 Å². The van der Waals surface area contributed by atoms with E-state index in [4.69, 9.17) is 0 Å². The second-order valence-electron chi connectivity index (χ2n) is 2.24. The molecule has 0 saturated carbocycles. The van der Waals surface area contributed by atoms with Crippen molar-refractivity contribution in [3.05, 3.63) is 0 Å². The number of halogens is 8. The van der Waals surface area contributed by atoms with E-state index in [1.807, 2.05) is 0 Å². The van der Waals surface area contributed by atoms with Crippen molar-refractivity contribution >= 4 is 31.9 Å². The standard InChI is InChI=1S/C5H4Br2F6/c6-2-1-3(8,4(7,9)10)5(11,12)13/h1-2H2/t3-/m0/s1. The molecule has 8 heteroatoms. The van der Waals surface area contributed by atoms with Gasteiger partial charge < -0.3 is 0 Å². The molecule has 0 aliphatic carbocycles. The Labute approximate surface area is 86.9 Å². The molecule has 0 saturated heterocycles. The zero-order chi connectivity index (χ0) is 10.9. The van der Waals surface area contributed by atoms with Gasteiger partial charge in [0.2, 0.25) is 0 Å². The predicted molar refractivity (Wildman–Crippen MR) is 42.2 cm³/mol. The van der Waals surface area contributed by atoms with E-state index < -0.39 is 28.4 Å². The molecule has 13 heavy (non-hydrogen) atoms. The molecule has 0 bridgehead atoms. The van der Waals surface area contributed by atoms with Gasteiger partial charge in [0.25, 0.3) is 5.67 Å². The Morgan fingerprint density at radius 2 is 1.31 bits per heavy atom. The predicted octanol–water partition coefficient (Wildman–Crippen LogP) is 4.03. The van der Waals surface area contributed by atoms with Crippen LogP contribution in [0.1, 0.15) is 6.42 Å². The lowest BCUT2D eigenvalue weighted by molar-refractivity contribution is -0.275. The van der Waals surface area contributed by atoms with Gasteiger partial charge in [-0.3, -0.25) is 0 Å². The normalized spacial score (nSPS) is 18.5. The molecule has 0 N–H and O–H groups in total. The van der Waals surface area contributed by atoms with Crippen molar-refractivity contribution in [2.45, 2.75) is 23.1 Å². The van der Waals surface area contributed by atoms with Crippen LogP contribution in [0.5, 0.6) is 0 Å². The van der Waals surface area contributed by atoms with Crippen LogP contribution in [0.2, 0.25) is 0 Å². The first-order chi connectivity index (χ1) is 5.56. The van der Waals surface area contributed by atoms with E-state index in [1.54, 1.807) is 0 Å². The Morgan fingerprint density at radius 3 is 1.38 bits per heavy atom. The molecule has 0 spiro atoms. The van der Waals surface area contributed by atoms with E-state index in [0.717, 1.165) is 0 Å². The summed E-state index contributed by atoms with van der Waals surface area (Å²) in [6.07, 6.45) is -6.96. The van der Waals surface area contributed by atoms with Gasteiger partial charge in [0.1, 0.15) is 0 Å². The zero-order valence-electron chi connectivity index (χ0n) is 5.94. The van der Waals surface area contributed by atoms with E-state index in [9.17, 15) is 26.3 Å². The molecular weight excluding hydrogens is 334 g/mol. The van der Waals surface area contributed by atoms with Gasteiger partial charge in [0, 0.05) is 11.8 Å². The average Bonchev–Trinajstić information content (AvgIpc) is 1.82. The Bertz CT molecular complexity index is 157. The summed E-state index contributed by atoms with van der Waals surface area (Å²) in [5, 5.41) is -0.510. The molecule has 0 rings (SSSR count). The van der Waals surface area contributed by atoms with E-state index >= 15 is 0 Å². The van der Waals surface area contributed by atoms with Crippen LogP contribution in [0, 0.1) is 0 Å². The molecule has 0 aliphatic rings. The molecule has 0 nitrogen and oxygen atoms in total. The molecule has 0 amide bonds. The van der Waals surface area contributed by atoms with Gasteiger partial charge in [-0.15, -0.1) is 0 Å².